The molecule has 2 aliphatic heterocycles. The summed E-state index contributed by atoms with van der Waals surface area (Å²) in [5.74, 6) is 0.473. The molecule has 2 saturated heterocycles. The van der Waals surface area contributed by atoms with E-state index in [2.05, 4.69) is 43.3 Å². The van der Waals surface area contributed by atoms with E-state index < -0.39 is 0 Å². The lowest BCUT2D eigenvalue weighted by Gasteiger charge is -2.30. The maximum Gasteiger partial charge on any atom is 0.189 e. The standard InChI is InChI=1S/C17H25BrN4O2/c18-14-4-3-13(16(10-14)22-5-8-23-9-6-22)11-20-17(19)21-12-15-2-1-7-24-15/h3-4,10,15H,1-2,5-9,11-12H2,(H3,19,20,21). The maximum atomic E-state index is 6.00. The van der Waals surface area contributed by atoms with Crippen LogP contribution in [0.3, 0.4) is 0 Å². The summed E-state index contributed by atoms with van der Waals surface area (Å²) in [6.07, 6.45) is 2.48. The molecule has 3 rings (SSSR count). The summed E-state index contributed by atoms with van der Waals surface area (Å²) in [6, 6.07) is 6.29. The number of nitrogens with two attached hydrogens (primary N) is 1. The number of ether oxygens (including phenoxy) is 2. The van der Waals surface area contributed by atoms with Crippen LogP contribution in [0, 0.1) is 0 Å². The first kappa shape index (κ1) is 17.5. The molecule has 2 aliphatic rings. The Morgan fingerprint density at radius 1 is 1.33 bits per heavy atom. The Kier molecular flexibility index (Phi) is 6.34. The molecule has 0 spiro atoms. The van der Waals surface area contributed by atoms with Crippen molar-refractivity contribution < 1.29 is 9.47 Å². The SMILES string of the molecule is NC(=NCc1ccc(Br)cc1N1CCOCC1)NCC1CCCO1. The van der Waals surface area contributed by atoms with E-state index >= 15 is 0 Å². The fourth-order valence-electron chi connectivity index (χ4n) is 3.02. The largest absolute Gasteiger partial charge is 0.378 e. The molecule has 2 fully saturated rings. The van der Waals surface area contributed by atoms with Crippen molar-refractivity contribution in [1.82, 2.24) is 5.32 Å². The van der Waals surface area contributed by atoms with Crippen LogP contribution >= 0.6 is 15.9 Å². The first-order valence-electron chi connectivity index (χ1n) is 8.49. The Bertz CT molecular complexity index is 570. The molecule has 6 nitrogen and oxygen atoms in total. The maximum absolute atomic E-state index is 6.00. The van der Waals surface area contributed by atoms with E-state index in [-0.39, 0.29) is 6.10 Å². The van der Waals surface area contributed by atoms with Crippen LogP contribution in [-0.4, -0.2) is 51.5 Å². The Labute approximate surface area is 151 Å². The number of morpholine rings is 1. The van der Waals surface area contributed by atoms with Gasteiger partial charge in [0, 0.05) is 36.4 Å². The summed E-state index contributed by atoms with van der Waals surface area (Å²) < 4.78 is 12.1. The lowest BCUT2D eigenvalue weighted by Crippen LogP contribution is -2.37. The van der Waals surface area contributed by atoms with E-state index in [9.17, 15) is 0 Å². The molecule has 7 heteroatoms. The number of benzene rings is 1. The van der Waals surface area contributed by atoms with E-state index in [1.165, 1.54) is 11.3 Å². The van der Waals surface area contributed by atoms with Crippen LogP contribution in [0.15, 0.2) is 27.7 Å². The van der Waals surface area contributed by atoms with Gasteiger partial charge in [-0.15, -0.1) is 0 Å². The van der Waals surface area contributed by atoms with Crippen molar-refractivity contribution in [3.63, 3.8) is 0 Å². The number of hydrogen-bond donors (Lipinski definition) is 2. The Morgan fingerprint density at radius 3 is 2.92 bits per heavy atom. The summed E-state index contributed by atoms with van der Waals surface area (Å²) in [6.45, 7) is 5.47. The number of rotatable bonds is 5. The molecule has 0 radical (unpaired) electrons. The first-order chi connectivity index (χ1) is 11.7. The van der Waals surface area contributed by atoms with E-state index in [1.54, 1.807) is 0 Å². The van der Waals surface area contributed by atoms with Crippen LogP contribution in [0.2, 0.25) is 0 Å². The van der Waals surface area contributed by atoms with Gasteiger partial charge in [0.1, 0.15) is 0 Å². The van der Waals surface area contributed by atoms with Crippen molar-refractivity contribution in [1.29, 1.82) is 0 Å². The molecule has 1 aromatic rings. The van der Waals surface area contributed by atoms with Crippen molar-refractivity contribution in [2.45, 2.75) is 25.5 Å². The third kappa shape index (κ3) is 4.84. The van der Waals surface area contributed by atoms with Crippen molar-refractivity contribution in [2.75, 3.05) is 44.4 Å². The first-order valence-corrected chi connectivity index (χ1v) is 9.28. The van der Waals surface area contributed by atoms with Crippen molar-refractivity contribution in [3.8, 4) is 0 Å². The number of anilines is 1. The van der Waals surface area contributed by atoms with Gasteiger partial charge in [-0.25, -0.2) is 4.99 Å². The van der Waals surface area contributed by atoms with Gasteiger partial charge in [0.25, 0.3) is 0 Å². The molecule has 2 heterocycles. The van der Waals surface area contributed by atoms with Crippen molar-refractivity contribution in [3.05, 3.63) is 28.2 Å². The van der Waals surface area contributed by atoms with Gasteiger partial charge >= 0.3 is 0 Å². The predicted octanol–water partition coefficient (Wildman–Crippen LogP) is 1.87. The van der Waals surface area contributed by atoms with Gasteiger partial charge in [0.05, 0.1) is 25.9 Å². The molecule has 24 heavy (non-hydrogen) atoms. The molecule has 1 unspecified atom stereocenters. The second kappa shape index (κ2) is 8.69. The molecular weight excluding hydrogens is 372 g/mol. The van der Waals surface area contributed by atoms with E-state index in [0.717, 1.165) is 56.8 Å². The van der Waals surface area contributed by atoms with E-state index in [0.29, 0.717) is 12.5 Å². The van der Waals surface area contributed by atoms with Gasteiger partial charge in [-0.05, 0) is 30.5 Å². The highest BCUT2D eigenvalue weighted by molar-refractivity contribution is 9.10. The average Bonchev–Trinajstić information content (AvgIpc) is 3.13. The molecule has 132 valence electrons. The fraction of sp³-hybridized carbons (Fsp3) is 0.588. The van der Waals surface area contributed by atoms with Crippen LogP contribution in [0.5, 0.6) is 0 Å². The zero-order valence-electron chi connectivity index (χ0n) is 13.8. The summed E-state index contributed by atoms with van der Waals surface area (Å²) in [5.41, 5.74) is 8.36. The average molecular weight is 397 g/mol. The second-order valence-corrected chi connectivity index (χ2v) is 7.01. The van der Waals surface area contributed by atoms with Crippen molar-refractivity contribution in [2.24, 2.45) is 10.7 Å². The molecule has 0 saturated carbocycles. The summed E-state index contributed by atoms with van der Waals surface area (Å²) in [5, 5.41) is 3.17. The second-order valence-electron chi connectivity index (χ2n) is 6.09. The van der Waals surface area contributed by atoms with Gasteiger partial charge in [-0.2, -0.15) is 0 Å². The predicted molar refractivity (Wildman–Crippen MR) is 99.5 cm³/mol. The van der Waals surface area contributed by atoms with Gasteiger partial charge in [0.15, 0.2) is 5.96 Å². The monoisotopic (exact) mass is 396 g/mol. The zero-order valence-corrected chi connectivity index (χ0v) is 15.4. The zero-order chi connectivity index (χ0) is 16.8. The Balaban J connectivity index is 1.61. The quantitative estimate of drug-likeness (QED) is 0.586. The van der Waals surface area contributed by atoms with Gasteiger partial charge in [-0.1, -0.05) is 22.0 Å². The topological polar surface area (TPSA) is 72.1 Å². The fourth-order valence-corrected chi connectivity index (χ4v) is 3.37. The summed E-state index contributed by atoms with van der Waals surface area (Å²) in [4.78, 5) is 6.84. The number of halogens is 1. The third-order valence-corrected chi connectivity index (χ3v) is 4.85. The minimum atomic E-state index is 0.260. The van der Waals surface area contributed by atoms with Gasteiger partial charge < -0.3 is 25.4 Å². The highest BCUT2D eigenvalue weighted by atomic mass is 79.9. The minimum Gasteiger partial charge on any atom is -0.378 e. The molecule has 0 bridgehead atoms. The van der Waals surface area contributed by atoms with E-state index in [4.69, 9.17) is 15.2 Å². The van der Waals surface area contributed by atoms with Crippen LogP contribution in [0.1, 0.15) is 18.4 Å². The molecule has 0 aromatic heterocycles. The number of hydrogen-bond acceptors (Lipinski definition) is 4. The third-order valence-electron chi connectivity index (χ3n) is 4.35. The number of nitrogens with zero attached hydrogens (tertiary/aromatic N) is 2. The summed E-state index contributed by atoms with van der Waals surface area (Å²) in [7, 11) is 0. The van der Waals surface area contributed by atoms with Crippen LogP contribution in [0.25, 0.3) is 0 Å². The van der Waals surface area contributed by atoms with Crippen molar-refractivity contribution >= 4 is 27.6 Å². The highest BCUT2D eigenvalue weighted by Crippen LogP contribution is 2.26. The molecule has 1 atom stereocenters. The smallest absolute Gasteiger partial charge is 0.189 e. The Morgan fingerprint density at radius 2 is 2.17 bits per heavy atom. The number of nitrogens with one attached hydrogen (secondary N) is 1. The highest BCUT2D eigenvalue weighted by Gasteiger charge is 2.16. The molecule has 3 N–H and O–H groups in total. The van der Waals surface area contributed by atoms with Crippen LogP contribution in [-0.2, 0) is 16.0 Å². The number of aliphatic imine (C=N–C) groups is 1. The Hall–Kier alpha value is -1.31. The van der Waals surface area contributed by atoms with Gasteiger partial charge in [0.2, 0.25) is 0 Å². The molecule has 0 amide bonds. The van der Waals surface area contributed by atoms with Gasteiger partial charge in [-0.3, -0.25) is 0 Å². The lowest BCUT2D eigenvalue weighted by molar-refractivity contribution is 0.114. The lowest BCUT2D eigenvalue weighted by atomic mass is 10.1. The van der Waals surface area contributed by atoms with Crippen LogP contribution < -0.4 is 16.0 Å². The number of guanidine groups is 1. The molecule has 1 aromatic carbocycles. The molecule has 0 aliphatic carbocycles. The normalized spacial score (nSPS) is 22.0. The van der Waals surface area contributed by atoms with E-state index in [1.807, 2.05) is 6.07 Å². The minimum absolute atomic E-state index is 0.260. The van der Waals surface area contributed by atoms with Crippen LogP contribution in [0.4, 0.5) is 5.69 Å². The summed E-state index contributed by atoms with van der Waals surface area (Å²) >= 11 is 3.56. The molecular formula is C17H25BrN4O2.